The third-order valence-corrected chi connectivity index (χ3v) is 2.02. The maximum Gasteiger partial charge on any atom is 0.120 e. The highest BCUT2D eigenvalue weighted by atomic mass is 16.3. The van der Waals surface area contributed by atoms with Gasteiger partial charge in [-0.25, -0.2) is 0 Å². The number of nitrogens with zero attached hydrogens (tertiary/aromatic N) is 1. The third kappa shape index (κ3) is 2.12. The Labute approximate surface area is 78.2 Å². The molecular formula is C10H15NO2. The number of hydrogen-bond donors (Lipinski definition) is 2. The van der Waals surface area contributed by atoms with Gasteiger partial charge in [0.25, 0.3) is 0 Å². The van der Waals surface area contributed by atoms with Gasteiger partial charge in [0.2, 0.25) is 0 Å². The van der Waals surface area contributed by atoms with Crippen LogP contribution in [0.15, 0.2) is 12.1 Å². The molecule has 72 valence electrons. The molecule has 1 aromatic rings. The lowest BCUT2D eigenvalue weighted by Crippen LogP contribution is -2.11. The van der Waals surface area contributed by atoms with Crippen LogP contribution >= 0.6 is 0 Å². The minimum atomic E-state index is 0.231. The Morgan fingerprint density at radius 1 is 1.15 bits per heavy atom. The van der Waals surface area contributed by atoms with Crippen LogP contribution in [0.1, 0.15) is 11.1 Å². The first-order valence-corrected chi connectivity index (χ1v) is 4.17. The van der Waals surface area contributed by atoms with Crippen LogP contribution in [0.4, 0.5) is 0 Å². The summed E-state index contributed by atoms with van der Waals surface area (Å²) in [6.07, 6.45) is 0. The van der Waals surface area contributed by atoms with Gasteiger partial charge in [-0.3, -0.25) is 0 Å². The van der Waals surface area contributed by atoms with E-state index in [1.165, 1.54) is 12.1 Å². The molecule has 13 heavy (non-hydrogen) atoms. The first-order chi connectivity index (χ1) is 6.02. The van der Waals surface area contributed by atoms with E-state index in [-0.39, 0.29) is 11.5 Å². The van der Waals surface area contributed by atoms with E-state index in [4.69, 9.17) is 0 Å². The smallest absolute Gasteiger partial charge is 0.120 e. The zero-order valence-corrected chi connectivity index (χ0v) is 8.20. The minimum Gasteiger partial charge on any atom is -0.508 e. The number of benzene rings is 1. The molecule has 3 nitrogen and oxygen atoms in total. The molecule has 0 amide bonds. The zero-order chi connectivity index (χ0) is 10.0. The maximum atomic E-state index is 9.53. The molecule has 0 bridgehead atoms. The standard InChI is InChI=1S/C10H15NO2/c1-7-8(6-11(2)3)10(13)5-4-9(7)12/h4-5,12-13H,6H2,1-3H3. The van der Waals surface area contributed by atoms with Crippen molar-refractivity contribution in [2.45, 2.75) is 13.5 Å². The fourth-order valence-electron chi connectivity index (χ4n) is 1.25. The summed E-state index contributed by atoms with van der Waals surface area (Å²) in [5, 5.41) is 18.9. The zero-order valence-electron chi connectivity index (χ0n) is 8.20. The van der Waals surface area contributed by atoms with E-state index >= 15 is 0 Å². The second-order valence-corrected chi connectivity index (χ2v) is 3.45. The second kappa shape index (κ2) is 3.66. The Hall–Kier alpha value is -1.22. The van der Waals surface area contributed by atoms with Crippen LogP contribution in [0.3, 0.4) is 0 Å². The van der Waals surface area contributed by atoms with Gasteiger partial charge in [-0.1, -0.05) is 0 Å². The van der Waals surface area contributed by atoms with Gasteiger partial charge >= 0.3 is 0 Å². The number of rotatable bonds is 2. The van der Waals surface area contributed by atoms with Gasteiger partial charge in [-0.05, 0) is 38.7 Å². The van der Waals surface area contributed by atoms with Crippen molar-refractivity contribution in [3.8, 4) is 11.5 Å². The highest BCUT2D eigenvalue weighted by Gasteiger charge is 2.08. The monoisotopic (exact) mass is 181 g/mol. The van der Waals surface area contributed by atoms with E-state index in [9.17, 15) is 10.2 Å². The predicted octanol–water partition coefficient (Wildman–Crippen LogP) is 1.47. The minimum absolute atomic E-state index is 0.231. The quantitative estimate of drug-likeness (QED) is 0.679. The topological polar surface area (TPSA) is 43.7 Å². The van der Waals surface area contributed by atoms with E-state index in [0.717, 1.165) is 11.1 Å². The fourth-order valence-corrected chi connectivity index (χ4v) is 1.25. The predicted molar refractivity (Wildman–Crippen MR) is 51.9 cm³/mol. The molecular weight excluding hydrogens is 166 g/mol. The number of phenolic OH excluding ortho intramolecular Hbond substituents is 2. The maximum absolute atomic E-state index is 9.53. The summed E-state index contributed by atoms with van der Waals surface area (Å²) < 4.78 is 0. The SMILES string of the molecule is Cc1c(O)ccc(O)c1CN(C)C. The molecule has 0 atom stereocenters. The lowest BCUT2D eigenvalue weighted by Gasteiger charge is -2.14. The summed E-state index contributed by atoms with van der Waals surface area (Å²) in [5.74, 6) is 0.471. The van der Waals surface area contributed by atoms with E-state index in [1.54, 1.807) is 6.92 Å². The lowest BCUT2D eigenvalue weighted by molar-refractivity contribution is 0.381. The summed E-state index contributed by atoms with van der Waals surface area (Å²) in [6.45, 7) is 2.43. The second-order valence-electron chi connectivity index (χ2n) is 3.45. The Morgan fingerprint density at radius 2 is 1.69 bits per heavy atom. The largest absolute Gasteiger partial charge is 0.508 e. The molecule has 0 aliphatic carbocycles. The van der Waals surface area contributed by atoms with Gasteiger partial charge in [-0.15, -0.1) is 0 Å². The lowest BCUT2D eigenvalue weighted by atomic mass is 10.1. The summed E-state index contributed by atoms with van der Waals surface area (Å²) in [7, 11) is 3.84. The van der Waals surface area contributed by atoms with Gasteiger partial charge in [0, 0.05) is 12.1 Å². The molecule has 0 spiro atoms. The van der Waals surface area contributed by atoms with Crippen LogP contribution in [-0.4, -0.2) is 29.2 Å². The first kappa shape index (κ1) is 9.86. The number of aromatic hydroxyl groups is 2. The van der Waals surface area contributed by atoms with Crippen LogP contribution in [0.5, 0.6) is 11.5 Å². The molecule has 0 saturated heterocycles. The summed E-state index contributed by atoms with van der Waals surface area (Å²) in [6, 6.07) is 3.02. The Kier molecular flexibility index (Phi) is 2.78. The summed E-state index contributed by atoms with van der Waals surface area (Å²) in [5.41, 5.74) is 1.53. The van der Waals surface area contributed by atoms with Gasteiger partial charge < -0.3 is 15.1 Å². The molecule has 0 heterocycles. The van der Waals surface area contributed by atoms with Gasteiger partial charge in [0.15, 0.2) is 0 Å². The van der Waals surface area contributed by atoms with Crippen molar-refractivity contribution in [3.63, 3.8) is 0 Å². The molecule has 1 aromatic carbocycles. The van der Waals surface area contributed by atoms with Crippen molar-refractivity contribution >= 4 is 0 Å². The van der Waals surface area contributed by atoms with Crippen LogP contribution in [0.25, 0.3) is 0 Å². The van der Waals surface area contributed by atoms with Crippen LogP contribution in [0, 0.1) is 6.92 Å². The highest BCUT2D eigenvalue weighted by molar-refractivity contribution is 5.46. The van der Waals surface area contributed by atoms with Crippen LogP contribution in [0.2, 0.25) is 0 Å². The number of phenols is 2. The van der Waals surface area contributed by atoms with Gasteiger partial charge in [-0.2, -0.15) is 0 Å². The van der Waals surface area contributed by atoms with Crippen molar-refractivity contribution < 1.29 is 10.2 Å². The molecule has 0 aliphatic rings. The molecule has 1 rings (SSSR count). The molecule has 0 aliphatic heterocycles. The van der Waals surface area contributed by atoms with Crippen LogP contribution in [-0.2, 0) is 6.54 Å². The summed E-state index contributed by atoms with van der Waals surface area (Å²) in [4.78, 5) is 1.95. The highest BCUT2D eigenvalue weighted by Crippen LogP contribution is 2.28. The Balaban J connectivity index is 3.10. The van der Waals surface area contributed by atoms with Gasteiger partial charge in [0.05, 0.1) is 0 Å². The third-order valence-electron chi connectivity index (χ3n) is 2.02. The fraction of sp³-hybridized carbons (Fsp3) is 0.400. The average Bonchev–Trinajstić information content (AvgIpc) is 2.05. The Morgan fingerprint density at radius 3 is 2.23 bits per heavy atom. The van der Waals surface area contributed by atoms with E-state index in [1.807, 2.05) is 19.0 Å². The van der Waals surface area contributed by atoms with Crippen molar-refractivity contribution in [2.75, 3.05) is 14.1 Å². The van der Waals surface area contributed by atoms with E-state index in [2.05, 4.69) is 0 Å². The molecule has 0 radical (unpaired) electrons. The van der Waals surface area contributed by atoms with Crippen molar-refractivity contribution in [1.82, 2.24) is 4.90 Å². The summed E-state index contributed by atoms with van der Waals surface area (Å²) >= 11 is 0. The van der Waals surface area contributed by atoms with Crippen LogP contribution < -0.4 is 0 Å². The molecule has 0 aromatic heterocycles. The molecule has 0 saturated carbocycles. The number of hydrogen-bond acceptors (Lipinski definition) is 3. The van der Waals surface area contributed by atoms with Gasteiger partial charge in [0.1, 0.15) is 11.5 Å². The molecule has 2 N–H and O–H groups in total. The van der Waals surface area contributed by atoms with Crippen molar-refractivity contribution in [1.29, 1.82) is 0 Å². The normalized spacial score (nSPS) is 10.8. The Bertz CT molecular complexity index is 308. The molecule has 3 heteroatoms. The van der Waals surface area contributed by atoms with E-state index in [0.29, 0.717) is 6.54 Å². The molecule has 0 unspecified atom stereocenters. The van der Waals surface area contributed by atoms with Crippen molar-refractivity contribution in [3.05, 3.63) is 23.3 Å². The van der Waals surface area contributed by atoms with E-state index < -0.39 is 0 Å². The van der Waals surface area contributed by atoms with Crippen molar-refractivity contribution in [2.24, 2.45) is 0 Å². The first-order valence-electron chi connectivity index (χ1n) is 4.17. The average molecular weight is 181 g/mol. The molecule has 0 fully saturated rings.